The number of ether oxygens (including phenoxy) is 1. The van der Waals surface area contributed by atoms with Crippen molar-refractivity contribution in [3.8, 4) is 0 Å². The molecule has 0 bridgehead atoms. The molecule has 1 atom stereocenters. The van der Waals surface area contributed by atoms with E-state index in [4.69, 9.17) is 0 Å². The van der Waals surface area contributed by atoms with Gasteiger partial charge in [0.05, 0.1) is 6.20 Å². The smallest absolute Gasteiger partial charge is 0.870 e. The van der Waals surface area contributed by atoms with E-state index in [1.807, 2.05) is 0 Å². The predicted molar refractivity (Wildman–Crippen MR) is 49.3 cm³/mol. The van der Waals surface area contributed by atoms with Crippen LogP contribution in [0.5, 0.6) is 0 Å². The van der Waals surface area contributed by atoms with E-state index in [-0.39, 0.29) is 49.6 Å². The fourth-order valence-electron chi connectivity index (χ4n) is 1.20. The maximum atomic E-state index is 10.8. The Balaban J connectivity index is -0.000000750. The summed E-state index contributed by atoms with van der Waals surface area (Å²) < 4.78 is 6.13. The van der Waals surface area contributed by atoms with Crippen LogP contribution in [-0.2, 0) is 27.8 Å². The molecule has 1 heterocycles. The molecule has 90 valence electrons. The average Bonchev–Trinajstić information content (AvgIpc) is 2.60. The van der Waals surface area contributed by atoms with Crippen LogP contribution in [0, 0.1) is 0 Å². The molecule has 1 rings (SSSR count). The number of methoxy groups -OCH3 is 1. The monoisotopic (exact) mass is 241 g/mol. The Kier molecular flexibility index (Phi) is 11.8. The quantitative estimate of drug-likeness (QED) is 0.287. The fraction of sp³-hybridized carbons (Fsp3) is 0.444. The molecule has 0 fully saturated rings. The maximum Gasteiger partial charge on any atom is 1.00 e. The first-order valence-corrected chi connectivity index (χ1v) is 4.17. The number of carboxylic acids is 1. The summed E-state index contributed by atoms with van der Waals surface area (Å²) in [5.74, 6) is -1.61. The van der Waals surface area contributed by atoms with E-state index in [1.54, 1.807) is 13.2 Å². The summed E-state index contributed by atoms with van der Waals surface area (Å²) in [7, 11) is 2.80. The molecular weight excluding hydrogens is 230 g/mol. The summed E-state index contributed by atoms with van der Waals surface area (Å²) >= 11 is 0. The Labute approximate surface area is 129 Å². The van der Waals surface area contributed by atoms with Gasteiger partial charge in [0, 0.05) is 31.9 Å². The van der Waals surface area contributed by atoms with Gasteiger partial charge < -0.3 is 24.9 Å². The molecule has 0 radical (unpaired) electrons. The molecule has 0 saturated carbocycles. The van der Waals surface area contributed by atoms with E-state index in [9.17, 15) is 14.7 Å². The molecule has 0 amide bonds. The van der Waals surface area contributed by atoms with Crippen LogP contribution in [0.3, 0.4) is 0 Å². The summed E-state index contributed by atoms with van der Waals surface area (Å²) in [5.41, 5.74) is -1.49. The minimum Gasteiger partial charge on any atom is -0.870 e. The molecule has 7 nitrogen and oxygen atoms in total. The number of carbonyl (C=O) groups is 1. The summed E-state index contributed by atoms with van der Waals surface area (Å²) in [6, 6.07) is 0. The van der Waals surface area contributed by atoms with Gasteiger partial charge in [-0.05, 0) is 12.0 Å². The summed E-state index contributed by atoms with van der Waals surface area (Å²) in [6.07, 6.45) is 4.25. The first-order valence-electron chi connectivity index (χ1n) is 4.17. The van der Waals surface area contributed by atoms with Crippen LogP contribution >= 0.6 is 0 Å². The molecular formula is C9H11Li2N2O5-. The molecule has 1 aromatic heterocycles. The molecule has 0 aliphatic heterocycles. The fourth-order valence-corrected chi connectivity index (χ4v) is 1.20. The third kappa shape index (κ3) is 4.99. The van der Waals surface area contributed by atoms with Gasteiger partial charge in [0.15, 0.2) is 0 Å². The topological polar surface area (TPSA) is 114 Å². The summed E-state index contributed by atoms with van der Waals surface area (Å²) in [5, 5.41) is 14.6. The normalized spacial score (nSPS) is 12.1. The van der Waals surface area contributed by atoms with Crippen molar-refractivity contribution in [3.05, 3.63) is 18.0 Å². The van der Waals surface area contributed by atoms with E-state index in [2.05, 4.69) is 9.84 Å². The molecule has 1 unspecified atom stereocenters. The van der Waals surface area contributed by atoms with Crippen LogP contribution in [-0.4, -0.2) is 40.2 Å². The summed E-state index contributed by atoms with van der Waals surface area (Å²) in [6.45, 7) is 0. The third-order valence-corrected chi connectivity index (χ3v) is 2.05. The average molecular weight is 241 g/mol. The minimum absolute atomic E-state index is 0. The standard InChI is InChI=1S/C9H11N2O4.2Li.H2O/c1-11-5-7(4-10-11)3-9(6-12,15-2)8(13)14;;;/h4-5H,3H2,1-2H3,(H,13,14);;;1H2/q-1;2*+1;/p-2. The van der Waals surface area contributed by atoms with Crippen LogP contribution in [0.4, 0.5) is 0 Å². The van der Waals surface area contributed by atoms with E-state index in [1.165, 1.54) is 17.2 Å². The molecule has 0 aliphatic carbocycles. The molecule has 0 aliphatic rings. The predicted octanol–water partition coefficient (Wildman–Crippen LogP) is -7.96. The Morgan fingerprint density at radius 3 is 2.44 bits per heavy atom. The van der Waals surface area contributed by atoms with Crippen LogP contribution in [0.2, 0.25) is 0 Å². The first kappa shape index (κ1) is 22.6. The van der Waals surface area contributed by atoms with Crippen molar-refractivity contribution in [3.63, 3.8) is 0 Å². The number of aliphatic carboxylic acids is 1. The summed E-state index contributed by atoms with van der Waals surface area (Å²) in [4.78, 5) is 21.4. The van der Waals surface area contributed by atoms with Crippen LogP contribution in [0.25, 0.3) is 0 Å². The van der Waals surface area contributed by atoms with Crippen LogP contribution in [0.15, 0.2) is 12.4 Å². The second-order valence-electron chi connectivity index (χ2n) is 3.12. The zero-order valence-corrected chi connectivity index (χ0v) is 10.8. The van der Waals surface area contributed by atoms with Gasteiger partial charge in [-0.3, -0.25) is 4.68 Å². The number of rotatable bonds is 5. The molecule has 0 aromatic carbocycles. The van der Waals surface area contributed by atoms with Crippen molar-refractivity contribution in [1.82, 2.24) is 9.78 Å². The maximum absolute atomic E-state index is 10.8. The van der Waals surface area contributed by atoms with Gasteiger partial charge in [0.1, 0.15) is 0 Å². The molecule has 18 heavy (non-hydrogen) atoms. The number of hydrogen-bond acceptors (Lipinski definition) is 6. The van der Waals surface area contributed by atoms with Crippen LogP contribution in [0.1, 0.15) is 5.56 Å². The van der Waals surface area contributed by atoms with Crippen molar-refractivity contribution >= 4 is 12.3 Å². The first-order chi connectivity index (χ1) is 7.04. The number of aryl methyl sites for hydroxylation is 1. The van der Waals surface area contributed by atoms with Gasteiger partial charge >= 0.3 is 37.7 Å². The van der Waals surface area contributed by atoms with E-state index in [0.717, 1.165) is 7.11 Å². The second kappa shape index (κ2) is 9.40. The van der Waals surface area contributed by atoms with Crippen molar-refractivity contribution < 1.29 is 62.6 Å². The van der Waals surface area contributed by atoms with E-state index >= 15 is 0 Å². The van der Waals surface area contributed by atoms with Gasteiger partial charge in [0.2, 0.25) is 0 Å². The van der Waals surface area contributed by atoms with E-state index < -0.39 is 11.6 Å². The molecule has 0 spiro atoms. The Bertz CT molecular complexity index is 385. The molecule has 1 N–H and O–H groups in total. The van der Waals surface area contributed by atoms with Gasteiger partial charge in [-0.25, -0.2) is 6.29 Å². The number of carboxylic acid groups (broad SMARTS) is 1. The number of aromatic nitrogens is 2. The Hall–Kier alpha value is -0.535. The number of carbonyl (C=O) groups excluding carboxylic acids is 2. The Morgan fingerprint density at radius 2 is 2.17 bits per heavy atom. The second-order valence-corrected chi connectivity index (χ2v) is 3.12. The van der Waals surface area contributed by atoms with Crippen molar-refractivity contribution in [2.75, 3.05) is 7.11 Å². The van der Waals surface area contributed by atoms with Gasteiger partial charge in [-0.1, -0.05) is 0 Å². The van der Waals surface area contributed by atoms with Gasteiger partial charge in [0.25, 0.3) is 0 Å². The molecule has 0 saturated heterocycles. The number of nitrogens with zero attached hydrogens (tertiary/aromatic N) is 2. The zero-order valence-electron chi connectivity index (χ0n) is 10.8. The van der Waals surface area contributed by atoms with E-state index in [0.29, 0.717) is 5.56 Å². The minimum atomic E-state index is -2.05. The Morgan fingerprint density at radius 1 is 1.61 bits per heavy atom. The largest absolute Gasteiger partial charge is 1.00 e. The SMILES string of the molecule is COC([C-]=O)(Cc1cnn(C)c1)C(=O)[O-].[Li+].[Li+].[OH-]. The van der Waals surface area contributed by atoms with Crippen LogP contribution < -0.4 is 42.8 Å². The van der Waals surface area contributed by atoms with Crippen molar-refractivity contribution in [2.45, 2.75) is 12.0 Å². The molecule has 1 aromatic rings. The van der Waals surface area contributed by atoms with Crippen molar-refractivity contribution in [1.29, 1.82) is 0 Å². The van der Waals surface area contributed by atoms with Gasteiger partial charge in [-0.15, -0.1) is 0 Å². The van der Waals surface area contributed by atoms with Crippen molar-refractivity contribution in [2.24, 2.45) is 7.05 Å². The third-order valence-electron chi connectivity index (χ3n) is 2.05. The zero-order chi connectivity index (χ0) is 11.5. The molecule has 9 heteroatoms. The van der Waals surface area contributed by atoms with Gasteiger partial charge in [-0.2, -0.15) is 5.10 Å². The number of hydrogen-bond donors (Lipinski definition) is 0.